The molecular formula is C16H20F2N2O. The molecule has 2 aliphatic carbocycles. The van der Waals surface area contributed by atoms with Crippen molar-refractivity contribution in [1.29, 1.82) is 0 Å². The Morgan fingerprint density at radius 2 is 2.00 bits per heavy atom. The maximum Gasteiger partial charge on any atom is 0.224 e. The summed E-state index contributed by atoms with van der Waals surface area (Å²) < 4.78 is 26.2. The SMILES string of the molecule is NCC1(NC(=O)C2CC2c2ccc(F)c(F)c2)CCCC1. The number of amides is 1. The minimum Gasteiger partial charge on any atom is -0.349 e. The molecule has 2 saturated carbocycles. The van der Waals surface area contributed by atoms with E-state index < -0.39 is 11.6 Å². The Hall–Kier alpha value is -1.49. The van der Waals surface area contributed by atoms with E-state index in [0.29, 0.717) is 18.5 Å². The number of carbonyl (C=O) groups excluding carboxylic acids is 1. The third kappa shape index (κ3) is 2.79. The van der Waals surface area contributed by atoms with Gasteiger partial charge in [0, 0.05) is 12.5 Å². The molecule has 0 saturated heterocycles. The van der Waals surface area contributed by atoms with E-state index >= 15 is 0 Å². The van der Waals surface area contributed by atoms with Gasteiger partial charge in [-0.15, -0.1) is 0 Å². The highest BCUT2D eigenvalue weighted by atomic mass is 19.2. The molecule has 2 aliphatic rings. The molecule has 5 heteroatoms. The summed E-state index contributed by atoms with van der Waals surface area (Å²) in [6, 6.07) is 3.88. The van der Waals surface area contributed by atoms with Crippen molar-refractivity contribution in [3.63, 3.8) is 0 Å². The van der Waals surface area contributed by atoms with Crippen LogP contribution >= 0.6 is 0 Å². The second-order valence-electron chi connectivity index (χ2n) is 6.30. The van der Waals surface area contributed by atoms with Crippen LogP contribution in [0.2, 0.25) is 0 Å². The molecule has 2 unspecified atom stereocenters. The summed E-state index contributed by atoms with van der Waals surface area (Å²) in [5.41, 5.74) is 6.26. The number of carbonyl (C=O) groups is 1. The van der Waals surface area contributed by atoms with Crippen molar-refractivity contribution in [3.05, 3.63) is 35.4 Å². The number of hydrogen-bond donors (Lipinski definition) is 2. The highest BCUT2D eigenvalue weighted by Crippen LogP contribution is 2.48. The molecule has 1 aromatic rings. The first-order valence-electron chi connectivity index (χ1n) is 7.52. The van der Waals surface area contributed by atoms with Gasteiger partial charge in [0.05, 0.1) is 5.54 Å². The Morgan fingerprint density at radius 3 is 2.62 bits per heavy atom. The first kappa shape index (κ1) is 14.4. The van der Waals surface area contributed by atoms with Gasteiger partial charge in [-0.3, -0.25) is 4.79 Å². The van der Waals surface area contributed by atoms with Gasteiger partial charge in [-0.25, -0.2) is 8.78 Å². The molecule has 1 amide bonds. The fraction of sp³-hybridized carbons (Fsp3) is 0.562. The Kier molecular flexibility index (Phi) is 3.69. The van der Waals surface area contributed by atoms with E-state index in [9.17, 15) is 13.6 Å². The van der Waals surface area contributed by atoms with E-state index in [1.54, 1.807) is 6.07 Å². The zero-order valence-corrected chi connectivity index (χ0v) is 11.9. The molecule has 3 N–H and O–H groups in total. The molecule has 0 spiro atoms. The Morgan fingerprint density at radius 1 is 1.29 bits per heavy atom. The highest BCUT2D eigenvalue weighted by molar-refractivity contribution is 5.83. The van der Waals surface area contributed by atoms with Crippen molar-refractivity contribution in [2.75, 3.05) is 6.54 Å². The van der Waals surface area contributed by atoms with Crippen LogP contribution in [-0.2, 0) is 4.79 Å². The largest absolute Gasteiger partial charge is 0.349 e. The predicted molar refractivity (Wildman–Crippen MR) is 75.6 cm³/mol. The number of nitrogens with one attached hydrogen (secondary N) is 1. The Bertz CT molecular complexity index is 555. The molecule has 3 nitrogen and oxygen atoms in total. The molecule has 21 heavy (non-hydrogen) atoms. The van der Waals surface area contributed by atoms with Crippen LogP contribution in [0.1, 0.15) is 43.6 Å². The van der Waals surface area contributed by atoms with E-state index in [-0.39, 0.29) is 23.3 Å². The van der Waals surface area contributed by atoms with E-state index in [4.69, 9.17) is 5.73 Å². The van der Waals surface area contributed by atoms with Crippen molar-refractivity contribution >= 4 is 5.91 Å². The van der Waals surface area contributed by atoms with Gasteiger partial charge in [-0.05, 0) is 42.9 Å². The number of nitrogens with two attached hydrogens (primary N) is 1. The summed E-state index contributed by atoms with van der Waals surface area (Å²) >= 11 is 0. The van der Waals surface area contributed by atoms with Crippen molar-refractivity contribution in [2.45, 2.75) is 43.6 Å². The molecule has 114 valence electrons. The summed E-state index contributed by atoms with van der Waals surface area (Å²) in [6.45, 7) is 0.460. The van der Waals surface area contributed by atoms with Gasteiger partial charge >= 0.3 is 0 Å². The minimum absolute atomic E-state index is 0.00270. The van der Waals surface area contributed by atoms with Crippen LogP contribution in [0, 0.1) is 17.6 Å². The van der Waals surface area contributed by atoms with Crippen LogP contribution in [0.3, 0.4) is 0 Å². The lowest BCUT2D eigenvalue weighted by Gasteiger charge is -2.28. The smallest absolute Gasteiger partial charge is 0.224 e. The quantitative estimate of drug-likeness (QED) is 0.896. The third-order valence-electron chi connectivity index (χ3n) is 4.84. The standard InChI is InChI=1S/C16H20F2N2O/c17-13-4-3-10(7-14(13)18)11-8-12(11)15(21)20-16(9-19)5-1-2-6-16/h3-4,7,11-12H,1-2,5-6,8-9,19H2,(H,20,21). The first-order chi connectivity index (χ1) is 10.0. The third-order valence-corrected chi connectivity index (χ3v) is 4.84. The molecule has 2 fully saturated rings. The van der Waals surface area contributed by atoms with Gasteiger partial charge in [0.1, 0.15) is 0 Å². The molecule has 0 bridgehead atoms. The lowest BCUT2D eigenvalue weighted by molar-refractivity contribution is -0.124. The monoisotopic (exact) mass is 294 g/mol. The van der Waals surface area contributed by atoms with E-state index in [2.05, 4.69) is 5.32 Å². The van der Waals surface area contributed by atoms with Crippen LogP contribution in [0.25, 0.3) is 0 Å². The average Bonchev–Trinajstić information content (AvgIpc) is 3.15. The van der Waals surface area contributed by atoms with Crippen LogP contribution in [-0.4, -0.2) is 18.0 Å². The number of benzene rings is 1. The van der Waals surface area contributed by atoms with Crippen LogP contribution in [0.4, 0.5) is 8.78 Å². The van der Waals surface area contributed by atoms with Gasteiger partial charge in [0.15, 0.2) is 11.6 Å². The van der Waals surface area contributed by atoms with Crippen molar-refractivity contribution in [3.8, 4) is 0 Å². The summed E-state index contributed by atoms with van der Waals surface area (Å²) in [5.74, 6) is -1.85. The Labute approximate surface area is 122 Å². The molecular weight excluding hydrogens is 274 g/mol. The minimum atomic E-state index is -0.854. The summed E-state index contributed by atoms with van der Waals surface area (Å²) in [7, 11) is 0. The lowest BCUT2D eigenvalue weighted by Crippen LogP contribution is -2.52. The van der Waals surface area contributed by atoms with Crippen LogP contribution in [0.15, 0.2) is 18.2 Å². The second kappa shape index (κ2) is 5.37. The van der Waals surface area contributed by atoms with Crippen molar-refractivity contribution in [1.82, 2.24) is 5.32 Å². The maximum absolute atomic E-state index is 13.2. The number of rotatable bonds is 4. The number of hydrogen-bond acceptors (Lipinski definition) is 2. The van der Waals surface area contributed by atoms with Crippen LogP contribution < -0.4 is 11.1 Å². The normalized spacial score (nSPS) is 26.6. The molecule has 0 heterocycles. The molecule has 0 aliphatic heterocycles. The summed E-state index contributed by atoms with van der Waals surface area (Å²) in [4.78, 5) is 12.3. The average molecular weight is 294 g/mol. The van der Waals surface area contributed by atoms with Gasteiger partial charge < -0.3 is 11.1 Å². The molecule has 1 aromatic carbocycles. The summed E-state index contributed by atoms with van der Waals surface area (Å²) in [5, 5.41) is 3.10. The first-order valence-corrected chi connectivity index (χ1v) is 7.52. The van der Waals surface area contributed by atoms with Crippen LogP contribution in [0.5, 0.6) is 0 Å². The van der Waals surface area contributed by atoms with Gasteiger partial charge in [-0.2, -0.15) is 0 Å². The zero-order valence-electron chi connectivity index (χ0n) is 11.9. The van der Waals surface area contributed by atoms with Gasteiger partial charge in [0.25, 0.3) is 0 Å². The van der Waals surface area contributed by atoms with E-state index in [1.165, 1.54) is 6.07 Å². The number of halogens is 2. The molecule has 0 aromatic heterocycles. The van der Waals surface area contributed by atoms with Gasteiger partial charge in [-0.1, -0.05) is 18.9 Å². The molecule has 3 rings (SSSR count). The maximum atomic E-state index is 13.2. The van der Waals surface area contributed by atoms with Gasteiger partial charge in [0.2, 0.25) is 5.91 Å². The molecule has 2 atom stereocenters. The fourth-order valence-corrected chi connectivity index (χ4v) is 3.38. The predicted octanol–water partition coefficient (Wildman–Crippen LogP) is 2.46. The summed E-state index contributed by atoms with van der Waals surface area (Å²) in [6.07, 6.45) is 4.73. The highest BCUT2D eigenvalue weighted by Gasteiger charge is 2.46. The fourth-order valence-electron chi connectivity index (χ4n) is 3.38. The lowest BCUT2D eigenvalue weighted by atomic mass is 9.97. The Balaban J connectivity index is 1.64. The van der Waals surface area contributed by atoms with Crippen molar-refractivity contribution < 1.29 is 13.6 Å². The topological polar surface area (TPSA) is 55.1 Å². The second-order valence-corrected chi connectivity index (χ2v) is 6.30. The van der Waals surface area contributed by atoms with Crippen molar-refractivity contribution in [2.24, 2.45) is 11.7 Å². The zero-order chi connectivity index (χ0) is 15.0. The van der Waals surface area contributed by atoms with E-state index in [0.717, 1.165) is 31.7 Å². The molecule has 0 radical (unpaired) electrons. The van der Waals surface area contributed by atoms with E-state index in [1.807, 2.05) is 0 Å².